The Balaban J connectivity index is 1.40. The van der Waals surface area contributed by atoms with Crippen molar-refractivity contribution in [2.24, 2.45) is 0 Å². The second-order valence-corrected chi connectivity index (χ2v) is 6.46. The Kier molecular flexibility index (Phi) is 3.94. The van der Waals surface area contributed by atoms with E-state index >= 15 is 0 Å². The molecule has 6 heteroatoms. The predicted molar refractivity (Wildman–Crippen MR) is 109 cm³/mol. The summed E-state index contributed by atoms with van der Waals surface area (Å²) in [6, 6.07) is 21.6. The summed E-state index contributed by atoms with van der Waals surface area (Å²) in [5.41, 5.74) is 4.79. The number of nitrogens with one attached hydrogen (secondary N) is 2. The van der Waals surface area contributed by atoms with E-state index in [9.17, 15) is 0 Å². The molecule has 0 bridgehead atoms. The van der Waals surface area contributed by atoms with Crippen LogP contribution in [-0.4, -0.2) is 27.0 Å². The largest absolute Gasteiger partial charge is 0.493 e. The molecule has 0 unspecified atom stereocenters. The van der Waals surface area contributed by atoms with Gasteiger partial charge in [0.05, 0.1) is 29.2 Å². The molecular formula is C22H18N4O2. The second kappa shape index (κ2) is 6.74. The van der Waals surface area contributed by atoms with Gasteiger partial charge in [0.25, 0.3) is 0 Å². The minimum Gasteiger partial charge on any atom is -0.493 e. The maximum atomic E-state index is 5.94. The lowest BCUT2D eigenvalue weighted by Gasteiger charge is -2.10. The van der Waals surface area contributed by atoms with Gasteiger partial charge in [-0.3, -0.25) is 0 Å². The molecule has 5 aromatic rings. The molecule has 0 atom stereocenters. The molecule has 0 radical (unpaired) electrons. The summed E-state index contributed by atoms with van der Waals surface area (Å²) in [7, 11) is 1.63. The van der Waals surface area contributed by atoms with Crippen molar-refractivity contribution in [3.63, 3.8) is 0 Å². The van der Waals surface area contributed by atoms with Crippen molar-refractivity contribution in [3.8, 4) is 22.9 Å². The Labute approximate surface area is 161 Å². The first kappa shape index (κ1) is 16.4. The molecule has 2 aromatic heterocycles. The molecule has 0 saturated carbocycles. The van der Waals surface area contributed by atoms with Crippen LogP contribution in [0.4, 0.5) is 0 Å². The standard InChI is InChI=1S/C22H18N4O2/c1-27-20-12-14(22-25-17-8-4-5-9-18(17)26-22)10-11-19(20)28-13-21-23-15-6-2-3-7-16(15)24-21/h2-12H,13H2,1H3,(H,23,24)(H,25,26). The van der Waals surface area contributed by atoms with E-state index in [1.54, 1.807) is 7.11 Å². The summed E-state index contributed by atoms with van der Waals surface area (Å²) < 4.78 is 11.5. The monoisotopic (exact) mass is 370 g/mol. The number of rotatable bonds is 5. The van der Waals surface area contributed by atoms with E-state index in [1.807, 2.05) is 66.7 Å². The normalized spacial score (nSPS) is 11.2. The van der Waals surface area contributed by atoms with Crippen molar-refractivity contribution in [2.45, 2.75) is 6.61 Å². The summed E-state index contributed by atoms with van der Waals surface area (Å²) >= 11 is 0. The first-order valence-corrected chi connectivity index (χ1v) is 9.00. The van der Waals surface area contributed by atoms with Crippen LogP contribution in [0.25, 0.3) is 33.5 Å². The molecule has 138 valence electrons. The van der Waals surface area contributed by atoms with Crippen LogP contribution in [0.2, 0.25) is 0 Å². The molecule has 0 aliphatic rings. The van der Waals surface area contributed by atoms with Crippen molar-refractivity contribution in [2.75, 3.05) is 7.11 Å². The third-order valence-electron chi connectivity index (χ3n) is 4.63. The number of imidazole rings is 2. The van der Waals surface area contributed by atoms with E-state index in [4.69, 9.17) is 9.47 Å². The molecule has 0 spiro atoms. The third-order valence-corrected chi connectivity index (χ3v) is 4.63. The van der Waals surface area contributed by atoms with E-state index in [-0.39, 0.29) is 0 Å². The fraction of sp³-hybridized carbons (Fsp3) is 0.0909. The molecule has 2 N–H and O–H groups in total. The van der Waals surface area contributed by atoms with Gasteiger partial charge in [-0.1, -0.05) is 24.3 Å². The van der Waals surface area contributed by atoms with Crippen molar-refractivity contribution in [1.29, 1.82) is 0 Å². The van der Waals surface area contributed by atoms with Crippen LogP contribution >= 0.6 is 0 Å². The number of nitrogens with zero attached hydrogens (tertiary/aromatic N) is 2. The van der Waals surface area contributed by atoms with Crippen molar-refractivity contribution >= 4 is 22.1 Å². The van der Waals surface area contributed by atoms with Gasteiger partial charge < -0.3 is 19.4 Å². The predicted octanol–water partition coefficient (Wildman–Crippen LogP) is 4.69. The highest BCUT2D eigenvalue weighted by molar-refractivity contribution is 5.79. The Morgan fingerprint density at radius 3 is 2.21 bits per heavy atom. The SMILES string of the molecule is COc1cc(-c2nc3ccccc3[nH]2)ccc1OCc1nc2ccccc2[nH]1. The van der Waals surface area contributed by atoms with Gasteiger partial charge in [0, 0.05) is 5.56 Å². The quantitative estimate of drug-likeness (QED) is 0.470. The van der Waals surface area contributed by atoms with Gasteiger partial charge in [0.2, 0.25) is 0 Å². The minimum atomic E-state index is 0.328. The molecule has 0 amide bonds. The van der Waals surface area contributed by atoms with Crippen molar-refractivity contribution < 1.29 is 9.47 Å². The number of hydrogen-bond acceptors (Lipinski definition) is 4. The first-order valence-electron chi connectivity index (χ1n) is 9.00. The Morgan fingerprint density at radius 1 is 0.786 bits per heavy atom. The highest BCUT2D eigenvalue weighted by atomic mass is 16.5. The van der Waals surface area contributed by atoms with Gasteiger partial charge >= 0.3 is 0 Å². The van der Waals surface area contributed by atoms with Gasteiger partial charge in [0.15, 0.2) is 11.5 Å². The van der Waals surface area contributed by atoms with Crippen LogP contribution in [0.15, 0.2) is 66.7 Å². The van der Waals surface area contributed by atoms with Crippen molar-refractivity contribution in [3.05, 3.63) is 72.6 Å². The smallest absolute Gasteiger partial charge is 0.161 e. The average Bonchev–Trinajstić information content (AvgIpc) is 3.35. The highest BCUT2D eigenvalue weighted by Gasteiger charge is 2.11. The molecule has 6 nitrogen and oxygen atoms in total. The number of H-pyrrole nitrogens is 2. The lowest BCUT2D eigenvalue weighted by atomic mass is 10.2. The molecule has 0 aliphatic heterocycles. The molecule has 0 fully saturated rings. The van der Waals surface area contributed by atoms with Gasteiger partial charge in [-0.25, -0.2) is 9.97 Å². The van der Waals surface area contributed by atoms with Gasteiger partial charge in [-0.15, -0.1) is 0 Å². The number of para-hydroxylation sites is 4. The average molecular weight is 370 g/mol. The number of methoxy groups -OCH3 is 1. The fourth-order valence-corrected chi connectivity index (χ4v) is 3.24. The summed E-state index contributed by atoms with van der Waals surface area (Å²) in [4.78, 5) is 15.8. The second-order valence-electron chi connectivity index (χ2n) is 6.46. The van der Waals surface area contributed by atoms with E-state index in [1.165, 1.54) is 0 Å². The van der Waals surface area contributed by atoms with Gasteiger partial charge in [-0.05, 0) is 42.5 Å². The number of hydrogen-bond donors (Lipinski definition) is 2. The fourth-order valence-electron chi connectivity index (χ4n) is 3.24. The van der Waals surface area contributed by atoms with Crippen LogP contribution in [0.1, 0.15) is 5.82 Å². The Bertz CT molecular complexity index is 1210. The highest BCUT2D eigenvalue weighted by Crippen LogP contribution is 2.32. The summed E-state index contributed by atoms with van der Waals surface area (Å²) in [5.74, 6) is 2.87. The van der Waals surface area contributed by atoms with E-state index in [0.29, 0.717) is 18.1 Å². The van der Waals surface area contributed by atoms with Crippen LogP contribution in [0.5, 0.6) is 11.5 Å². The molecule has 0 saturated heterocycles. The molecule has 0 aliphatic carbocycles. The van der Waals surface area contributed by atoms with Gasteiger partial charge in [-0.2, -0.15) is 0 Å². The molecule has 3 aromatic carbocycles. The Hall–Kier alpha value is -3.80. The number of benzene rings is 3. The third kappa shape index (κ3) is 2.95. The van der Waals surface area contributed by atoms with E-state index in [0.717, 1.165) is 39.3 Å². The van der Waals surface area contributed by atoms with Crippen LogP contribution in [0, 0.1) is 0 Å². The number of fused-ring (bicyclic) bond motifs is 2. The summed E-state index contributed by atoms with van der Waals surface area (Å²) in [6.45, 7) is 0.328. The lowest BCUT2D eigenvalue weighted by Crippen LogP contribution is -1.99. The van der Waals surface area contributed by atoms with Crippen LogP contribution in [0.3, 0.4) is 0 Å². The molecule has 28 heavy (non-hydrogen) atoms. The van der Waals surface area contributed by atoms with Gasteiger partial charge in [0.1, 0.15) is 18.3 Å². The van der Waals surface area contributed by atoms with Crippen molar-refractivity contribution in [1.82, 2.24) is 19.9 Å². The lowest BCUT2D eigenvalue weighted by molar-refractivity contribution is 0.278. The number of aromatic nitrogens is 4. The molecule has 5 rings (SSSR count). The summed E-state index contributed by atoms with van der Waals surface area (Å²) in [6.07, 6.45) is 0. The zero-order valence-corrected chi connectivity index (χ0v) is 15.3. The minimum absolute atomic E-state index is 0.328. The number of aromatic amines is 2. The molecular weight excluding hydrogens is 352 g/mol. The topological polar surface area (TPSA) is 75.8 Å². The van der Waals surface area contributed by atoms with E-state index < -0.39 is 0 Å². The van der Waals surface area contributed by atoms with E-state index in [2.05, 4.69) is 19.9 Å². The summed E-state index contributed by atoms with van der Waals surface area (Å²) in [5, 5.41) is 0. The molecule has 2 heterocycles. The number of ether oxygens (including phenoxy) is 2. The first-order chi connectivity index (χ1) is 13.8. The zero-order valence-electron chi connectivity index (χ0n) is 15.3. The maximum Gasteiger partial charge on any atom is 0.161 e. The maximum absolute atomic E-state index is 5.94. The zero-order chi connectivity index (χ0) is 18.9. The van der Waals surface area contributed by atoms with Crippen LogP contribution in [-0.2, 0) is 6.61 Å². The Morgan fingerprint density at radius 2 is 1.50 bits per heavy atom. The van der Waals surface area contributed by atoms with Crippen LogP contribution < -0.4 is 9.47 Å².